The van der Waals surface area contributed by atoms with E-state index in [1.807, 2.05) is 18.2 Å². The summed E-state index contributed by atoms with van der Waals surface area (Å²) >= 11 is 0. The van der Waals surface area contributed by atoms with Gasteiger partial charge in [0.05, 0.1) is 5.69 Å². The minimum atomic E-state index is 0.217. The predicted molar refractivity (Wildman–Crippen MR) is 81.1 cm³/mol. The summed E-state index contributed by atoms with van der Waals surface area (Å²) in [4.78, 5) is 10.8. The highest BCUT2D eigenvalue weighted by molar-refractivity contribution is 5.96. The van der Waals surface area contributed by atoms with Crippen LogP contribution in [0.3, 0.4) is 0 Å². The topological polar surface area (TPSA) is 80.4 Å². The number of rotatable bonds is 4. The molecule has 0 spiro atoms. The molecule has 0 amide bonds. The van der Waals surface area contributed by atoms with Crippen LogP contribution in [0.25, 0.3) is 11.0 Å². The number of fused-ring (bicyclic) bond motifs is 1. The van der Waals surface area contributed by atoms with Crippen molar-refractivity contribution in [2.24, 2.45) is 5.18 Å². The number of para-hydroxylation sites is 1. The maximum atomic E-state index is 10.8. The molecule has 3 rings (SSSR count). The van der Waals surface area contributed by atoms with Crippen molar-refractivity contribution in [3.63, 3.8) is 0 Å². The van der Waals surface area contributed by atoms with Crippen LogP contribution >= 0.6 is 0 Å². The van der Waals surface area contributed by atoms with Gasteiger partial charge in [0, 0.05) is 5.69 Å². The minimum absolute atomic E-state index is 0.217. The zero-order chi connectivity index (χ0) is 14.8. The Hall–Kier alpha value is -2.76. The van der Waals surface area contributed by atoms with Crippen LogP contribution in [0, 0.1) is 4.91 Å². The monoisotopic (exact) mass is 282 g/mol. The molecule has 21 heavy (non-hydrogen) atoms. The Morgan fingerprint density at radius 2 is 1.81 bits per heavy atom. The minimum Gasteiger partial charge on any atom is -0.353 e. The number of nitrogens with one attached hydrogen (secondary N) is 1. The Balaban J connectivity index is 2.07. The number of anilines is 2. The van der Waals surface area contributed by atoms with Crippen molar-refractivity contribution in [3.8, 4) is 0 Å². The quantitative estimate of drug-likeness (QED) is 0.713. The highest BCUT2D eigenvalue weighted by Gasteiger charge is 2.14. The normalized spacial score (nSPS) is 11.0. The molecule has 6 heteroatoms. The van der Waals surface area contributed by atoms with Crippen molar-refractivity contribution < 1.29 is 4.63 Å². The molecule has 106 valence electrons. The van der Waals surface area contributed by atoms with Crippen LogP contribution in [0.2, 0.25) is 0 Å². The molecule has 0 saturated carbocycles. The van der Waals surface area contributed by atoms with Gasteiger partial charge in [-0.25, -0.2) is 4.63 Å². The first-order valence-corrected chi connectivity index (χ1v) is 6.65. The van der Waals surface area contributed by atoms with E-state index in [0.29, 0.717) is 17.0 Å². The lowest BCUT2D eigenvalue weighted by atomic mass is 10.0. The van der Waals surface area contributed by atoms with E-state index in [2.05, 4.69) is 40.7 Å². The summed E-state index contributed by atoms with van der Waals surface area (Å²) in [6.45, 7) is 4.26. The second kappa shape index (κ2) is 5.32. The van der Waals surface area contributed by atoms with E-state index in [1.165, 1.54) is 5.56 Å². The summed E-state index contributed by atoms with van der Waals surface area (Å²) in [5.74, 6) is 0.385. The molecular formula is C15H14N4O2. The summed E-state index contributed by atoms with van der Waals surface area (Å²) in [6, 6.07) is 11.4. The zero-order valence-electron chi connectivity index (χ0n) is 11.7. The molecule has 2 aromatic carbocycles. The molecule has 0 saturated heterocycles. The lowest BCUT2D eigenvalue weighted by Gasteiger charge is -2.14. The second-order valence-electron chi connectivity index (χ2n) is 5.05. The summed E-state index contributed by atoms with van der Waals surface area (Å²) in [7, 11) is 0. The largest absolute Gasteiger partial charge is 0.353 e. The molecule has 0 unspecified atom stereocenters. The molecule has 0 aliphatic rings. The lowest BCUT2D eigenvalue weighted by Crippen LogP contribution is -1.98. The van der Waals surface area contributed by atoms with Crippen LogP contribution < -0.4 is 5.32 Å². The van der Waals surface area contributed by atoms with E-state index < -0.39 is 0 Å². The molecular weight excluding hydrogens is 268 g/mol. The molecule has 0 bridgehead atoms. The fourth-order valence-corrected chi connectivity index (χ4v) is 2.29. The number of nitroso groups, excluding NO2 is 1. The molecule has 0 aliphatic carbocycles. The van der Waals surface area contributed by atoms with E-state index in [9.17, 15) is 4.91 Å². The van der Waals surface area contributed by atoms with E-state index in [1.54, 1.807) is 12.1 Å². The number of benzene rings is 2. The number of hydrogen-bond donors (Lipinski definition) is 1. The van der Waals surface area contributed by atoms with Crippen LogP contribution in [0.1, 0.15) is 25.3 Å². The molecule has 0 radical (unpaired) electrons. The lowest BCUT2D eigenvalue weighted by molar-refractivity contribution is 0.315. The van der Waals surface area contributed by atoms with Gasteiger partial charge in [0.1, 0.15) is 5.69 Å². The molecule has 6 nitrogen and oxygen atoms in total. The Labute approximate surface area is 121 Å². The molecule has 1 aromatic heterocycles. The maximum Gasteiger partial charge on any atom is 0.166 e. The van der Waals surface area contributed by atoms with Crippen LogP contribution in [0.5, 0.6) is 0 Å². The molecule has 1 heterocycles. The highest BCUT2D eigenvalue weighted by atomic mass is 16.6. The average Bonchev–Trinajstić information content (AvgIpc) is 2.98. The predicted octanol–water partition coefficient (Wildman–Crippen LogP) is 4.49. The summed E-state index contributed by atoms with van der Waals surface area (Å²) in [5, 5.41) is 13.8. The van der Waals surface area contributed by atoms with Crippen LogP contribution in [0.15, 0.2) is 46.2 Å². The summed E-state index contributed by atoms with van der Waals surface area (Å²) in [6.07, 6.45) is 0. The van der Waals surface area contributed by atoms with Crippen molar-refractivity contribution >= 4 is 28.1 Å². The smallest absolute Gasteiger partial charge is 0.166 e. The third kappa shape index (κ3) is 2.35. The standard InChI is InChI=1S/C15H14N4O2/c1-9(2)10-5-3-4-6-11(10)16-12-7-8-13(17-20)15-14(12)18-21-19-15/h3-9,16H,1-2H3. The highest BCUT2D eigenvalue weighted by Crippen LogP contribution is 2.33. The summed E-state index contributed by atoms with van der Waals surface area (Å²) < 4.78 is 4.72. The van der Waals surface area contributed by atoms with Crippen LogP contribution in [-0.4, -0.2) is 10.3 Å². The molecule has 3 aromatic rings. The number of aromatic nitrogens is 2. The third-order valence-electron chi connectivity index (χ3n) is 3.34. The fourth-order valence-electron chi connectivity index (χ4n) is 2.29. The molecule has 0 aliphatic heterocycles. The Bertz CT molecular complexity index is 795. The van der Waals surface area contributed by atoms with Crippen molar-refractivity contribution in [3.05, 3.63) is 46.9 Å². The molecule has 0 fully saturated rings. The van der Waals surface area contributed by atoms with Crippen molar-refractivity contribution in [2.45, 2.75) is 19.8 Å². The Morgan fingerprint density at radius 1 is 1.05 bits per heavy atom. The van der Waals surface area contributed by atoms with Gasteiger partial charge >= 0.3 is 0 Å². The van der Waals surface area contributed by atoms with Gasteiger partial charge in [-0.05, 0) is 45.2 Å². The SMILES string of the molecule is CC(C)c1ccccc1Nc1ccc(N=O)c2nonc12. The molecule has 0 atom stereocenters. The van der Waals surface area contributed by atoms with Gasteiger partial charge in [0.25, 0.3) is 0 Å². The van der Waals surface area contributed by atoms with Crippen LogP contribution in [-0.2, 0) is 0 Å². The first kappa shape index (κ1) is 13.2. The summed E-state index contributed by atoms with van der Waals surface area (Å²) in [5.41, 5.74) is 3.98. The van der Waals surface area contributed by atoms with Gasteiger partial charge in [0.2, 0.25) is 0 Å². The zero-order valence-corrected chi connectivity index (χ0v) is 11.7. The van der Waals surface area contributed by atoms with Gasteiger partial charge in [-0.15, -0.1) is 4.91 Å². The first-order valence-electron chi connectivity index (χ1n) is 6.65. The van der Waals surface area contributed by atoms with E-state index >= 15 is 0 Å². The van der Waals surface area contributed by atoms with E-state index in [-0.39, 0.29) is 5.69 Å². The fraction of sp³-hybridized carbons (Fsp3) is 0.200. The Kier molecular flexibility index (Phi) is 3.35. The van der Waals surface area contributed by atoms with Gasteiger partial charge in [-0.1, -0.05) is 32.0 Å². The van der Waals surface area contributed by atoms with Crippen molar-refractivity contribution in [1.29, 1.82) is 0 Å². The first-order chi connectivity index (χ1) is 10.2. The number of hydrogen-bond acceptors (Lipinski definition) is 6. The third-order valence-corrected chi connectivity index (χ3v) is 3.34. The van der Waals surface area contributed by atoms with Gasteiger partial charge in [0.15, 0.2) is 11.0 Å². The van der Waals surface area contributed by atoms with Gasteiger partial charge in [-0.2, -0.15) is 0 Å². The van der Waals surface area contributed by atoms with Gasteiger partial charge in [-0.3, -0.25) is 0 Å². The van der Waals surface area contributed by atoms with E-state index in [4.69, 9.17) is 4.63 Å². The van der Waals surface area contributed by atoms with Gasteiger partial charge < -0.3 is 5.32 Å². The Morgan fingerprint density at radius 3 is 2.57 bits per heavy atom. The van der Waals surface area contributed by atoms with Crippen molar-refractivity contribution in [2.75, 3.05) is 5.32 Å². The number of nitrogens with zero attached hydrogens (tertiary/aromatic N) is 3. The average molecular weight is 282 g/mol. The molecule has 1 N–H and O–H groups in total. The van der Waals surface area contributed by atoms with Crippen LogP contribution in [0.4, 0.5) is 17.1 Å². The second-order valence-corrected chi connectivity index (χ2v) is 5.05. The maximum absolute atomic E-state index is 10.8. The van der Waals surface area contributed by atoms with E-state index in [0.717, 1.165) is 11.4 Å². The van der Waals surface area contributed by atoms with Crippen molar-refractivity contribution in [1.82, 2.24) is 10.3 Å².